The number of rotatable bonds is 5. The minimum absolute atomic E-state index is 0.000428. The summed E-state index contributed by atoms with van der Waals surface area (Å²) in [5.74, 6) is 0.187. The molecule has 1 amide bonds. The van der Waals surface area contributed by atoms with Crippen LogP contribution in [0.5, 0.6) is 0 Å². The molecule has 1 fully saturated rings. The smallest absolute Gasteiger partial charge is 0.238 e. The Morgan fingerprint density at radius 3 is 2.48 bits per heavy atom. The second-order valence-corrected chi connectivity index (χ2v) is 7.12. The van der Waals surface area contributed by atoms with Crippen molar-refractivity contribution in [3.8, 4) is 0 Å². The van der Waals surface area contributed by atoms with Crippen LogP contribution in [-0.4, -0.2) is 49.4 Å². The van der Waals surface area contributed by atoms with E-state index in [2.05, 4.69) is 69.3 Å². The molecule has 1 aromatic carbocycles. The maximum Gasteiger partial charge on any atom is 0.238 e. The van der Waals surface area contributed by atoms with Gasteiger partial charge in [-0.15, -0.1) is 0 Å². The number of hydrogen-bond acceptors (Lipinski definition) is 3. The lowest BCUT2D eigenvalue weighted by molar-refractivity contribution is -0.129. The maximum absolute atomic E-state index is 12.2. The molecule has 0 radical (unpaired) electrons. The molecule has 0 bridgehead atoms. The van der Waals surface area contributed by atoms with E-state index in [1.807, 2.05) is 4.90 Å². The van der Waals surface area contributed by atoms with Crippen molar-refractivity contribution in [1.29, 1.82) is 0 Å². The van der Waals surface area contributed by atoms with Gasteiger partial charge in [0.2, 0.25) is 5.91 Å². The molecule has 1 unspecified atom stereocenters. The Bertz CT molecular complexity index is 493. The molecule has 0 aromatic heterocycles. The van der Waals surface area contributed by atoms with Crippen molar-refractivity contribution in [2.75, 3.05) is 33.7 Å². The molecule has 0 aliphatic carbocycles. The summed E-state index contributed by atoms with van der Waals surface area (Å²) < 4.78 is 0. The molecule has 4 heteroatoms. The zero-order valence-corrected chi connectivity index (χ0v) is 13.8. The molecule has 1 atom stereocenters. The van der Waals surface area contributed by atoms with Crippen LogP contribution in [0.3, 0.4) is 0 Å². The second-order valence-electron chi connectivity index (χ2n) is 7.12. The number of hydrogen-bond donors (Lipinski definition) is 1. The second kappa shape index (κ2) is 6.16. The van der Waals surface area contributed by atoms with E-state index in [4.69, 9.17) is 0 Å². The minimum atomic E-state index is -0.000428. The van der Waals surface area contributed by atoms with Gasteiger partial charge in [0.1, 0.15) is 6.17 Å². The van der Waals surface area contributed by atoms with E-state index in [-0.39, 0.29) is 17.5 Å². The molecule has 116 valence electrons. The lowest BCUT2D eigenvalue weighted by atomic mass is 9.91. The normalized spacial score (nSPS) is 19.6. The number of aryl methyl sites for hydroxylation is 1. The van der Waals surface area contributed by atoms with E-state index >= 15 is 0 Å². The quantitative estimate of drug-likeness (QED) is 0.901. The lowest BCUT2D eigenvalue weighted by Gasteiger charge is -2.35. The maximum atomic E-state index is 12.2. The van der Waals surface area contributed by atoms with Gasteiger partial charge in [-0.1, -0.05) is 43.7 Å². The fourth-order valence-corrected chi connectivity index (χ4v) is 3.13. The highest BCUT2D eigenvalue weighted by Gasteiger charge is 2.35. The highest BCUT2D eigenvalue weighted by Crippen LogP contribution is 2.28. The molecule has 0 spiro atoms. The van der Waals surface area contributed by atoms with Crippen molar-refractivity contribution in [3.63, 3.8) is 0 Å². The molecular formula is C17H27N3O. The number of amides is 1. The Labute approximate surface area is 128 Å². The largest absolute Gasteiger partial charge is 0.321 e. The average Bonchev–Trinajstić information content (AvgIpc) is 2.70. The molecular weight excluding hydrogens is 262 g/mol. The Balaban J connectivity index is 2.15. The topological polar surface area (TPSA) is 35.6 Å². The van der Waals surface area contributed by atoms with E-state index in [0.717, 1.165) is 18.7 Å². The van der Waals surface area contributed by atoms with Crippen LogP contribution in [0.4, 0.5) is 0 Å². The van der Waals surface area contributed by atoms with Crippen LogP contribution in [0.15, 0.2) is 24.3 Å². The molecule has 1 aliphatic heterocycles. The summed E-state index contributed by atoms with van der Waals surface area (Å²) in [5.41, 5.74) is 2.46. The van der Waals surface area contributed by atoms with Crippen LogP contribution in [0.25, 0.3) is 0 Å². The Morgan fingerprint density at radius 2 is 1.90 bits per heavy atom. The first kappa shape index (κ1) is 16.0. The molecule has 1 aromatic rings. The molecule has 0 saturated carbocycles. The first-order valence-corrected chi connectivity index (χ1v) is 7.53. The van der Waals surface area contributed by atoms with Crippen molar-refractivity contribution in [1.82, 2.24) is 15.1 Å². The van der Waals surface area contributed by atoms with E-state index in [1.165, 1.54) is 5.56 Å². The third-order valence-electron chi connectivity index (χ3n) is 3.81. The van der Waals surface area contributed by atoms with Gasteiger partial charge in [0.15, 0.2) is 0 Å². The average molecular weight is 289 g/mol. The third-order valence-corrected chi connectivity index (χ3v) is 3.81. The molecule has 4 nitrogen and oxygen atoms in total. The van der Waals surface area contributed by atoms with Crippen LogP contribution in [0.2, 0.25) is 0 Å². The number of benzene rings is 1. The van der Waals surface area contributed by atoms with Crippen LogP contribution in [0, 0.1) is 12.3 Å². The fourth-order valence-electron chi connectivity index (χ4n) is 3.13. The van der Waals surface area contributed by atoms with Crippen LogP contribution >= 0.6 is 0 Å². The molecule has 1 N–H and O–H groups in total. The molecule has 1 heterocycles. The molecule has 1 aliphatic rings. The number of nitrogens with zero attached hydrogens (tertiary/aromatic N) is 2. The third kappa shape index (κ3) is 4.05. The van der Waals surface area contributed by atoms with Crippen LogP contribution in [0.1, 0.15) is 31.1 Å². The van der Waals surface area contributed by atoms with Gasteiger partial charge in [0.25, 0.3) is 0 Å². The monoisotopic (exact) mass is 289 g/mol. The predicted octanol–water partition coefficient (Wildman–Crippen LogP) is 2.01. The standard InChI is InChI=1S/C17H27N3O/c1-13-6-8-14(9-7-13)16-18-10-15(21)20(16)12-17(2,3)11-19(4)5/h6-9,16,18H,10-12H2,1-5H3. The lowest BCUT2D eigenvalue weighted by Crippen LogP contribution is -2.42. The first-order valence-electron chi connectivity index (χ1n) is 7.53. The molecule has 21 heavy (non-hydrogen) atoms. The summed E-state index contributed by atoms with van der Waals surface area (Å²) in [6.45, 7) is 8.65. The summed E-state index contributed by atoms with van der Waals surface area (Å²) in [4.78, 5) is 16.4. The van der Waals surface area contributed by atoms with Gasteiger partial charge in [-0.05, 0) is 32.0 Å². The van der Waals surface area contributed by atoms with Gasteiger partial charge >= 0.3 is 0 Å². The summed E-state index contributed by atoms with van der Waals surface area (Å²) in [5, 5.41) is 3.33. The van der Waals surface area contributed by atoms with E-state index < -0.39 is 0 Å². The van der Waals surface area contributed by atoms with Gasteiger partial charge in [0, 0.05) is 13.1 Å². The molecule has 1 saturated heterocycles. The number of carbonyl (C=O) groups excluding carboxylic acids is 1. The number of carbonyl (C=O) groups is 1. The van der Waals surface area contributed by atoms with Gasteiger partial charge < -0.3 is 9.80 Å². The summed E-state index contributed by atoms with van der Waals surface area (Å²) in [7, 11) is 4.15. The van der Waals surface area contributed by atoms with E-state index in [0.29, 0.717) is 6.54 Å². The Hall–Kier alpha value is -1.39. The molecule has 2 rings (SSSR count). The van der Waals surface area contributed by atoms with Crippen molar-refractivity contribution in [2.24, 2.45) is 5.41 Å². The highest BCUT2D eigenvalue weighted by molar-refractivity contribution is 5.81. The zero-order valence-electron chi connectivity index (χ0n) is 13.8. The highest BCUT2D eigenvalue weighted by atomic mass is 16.2. The van der Waals surface area contributed by atoms with Gasteiger partial charge in [-0.25, -0.2) is 0 Å². The zero-order chi connectivity index (χ0) is 15.6. The number of nitrogens with one attached hydrogen (secondary N) is 1. The van der Waals surface area contributed by atoms with Gasteiger partial charge in [-0.2, -0.15) is 0 Å². The van der Waals surface area contributed by atoms with Crippen LogP contribution in [-0.2, 0) is 4.79 Å². The van der Waals surface area contributed by atoms with Gasteiger partial charge in [0.05, 0.1) is 6.54 Å². The van der Waals surface area contributed by atoms with E-state index in [9.17, 15) is 4.79 Å². The van der Waals surface area contributed by atoms with Gasteiger partial charge in [-0.3, -0.25) is 10.1 Å². The predicted molar refractivity (Wildman–Crippen MR) is 86.0 cm³/mol. The summed E-state index contributed by atoms with van der Waals surface area (Å²) in [6.07, 6.45) is -0.000428. The summed E-state index contributed by atoms with van der Waals surface area (Å²) >= 11 is 0. The SMILES string of the molecule is Cc1ccc(C2NCC(=O)N2CC(C)(C)CN(C)C)cc1. The Morgan fingerprint density at radius 1 is 1.29 bits per heavy atom. The minimum Gasteiger partial charge on any atom is -0.321 e. The van der Waals surface area contributed by atoms with Crippen molar-refractivity contribution < 1.29 is 4.79 Å². The van der Waals surface area contributed by atoms with Crippen molar-refractivity contribution in [2.45, 2.75) is 26.9 Å². The van der Waals surface area contributed by atoms with Crippen molar-refractivity contribution in [3.05, 3.63) is 35.4 Å². The Kier molecular flexibility index (Phi) is 4.69. The first-order chi connectivity index (χ1) is 9.78. The summed E-state index contributed by atoms with van der Waals surface area (Å²) in [6, 6.07) is 8.42. The fraction of sp³-hybridized carbons (Fsp3) is 0.588. The van der Waals surface area contributed by atoms with Crippen molar-refractivity contribution >= 4 is 5.91 Å². The van der Waals surface area contributed by atoms with Crippen LogP contribution < -0.4 is 5.32 Å². The van der Waals surface area contributed by atoms with E-state index in [1.54, 1.807) is 0 Å².